The van der Waals surface area contributed by atoms with Gasteiger partial charge in [-0.1, -0.05) is 36.4 Å². The molecule has 0 saturated carbocycles. The molecular weight excluding hydrogens is 323 g/mol. The molecule has 2 nitrogen and oxygen atoms in total. The molecule has 0 aromatic heterocycles. The van der Waals surface area contributed by atoms with Gasteiger partial charge in [0.25, 0.3) is 0 Å². The van der Waals surface area contributed by atoms with Gasteiger partial charge < -0.3 is 9.80 Å². The van der Waals surface area contributed by atoms with Crippen molar-refractivity contribution in [3.8, 4) is 0 Å². The fourth-order valence-electron chi connectivity index (χ4n) is 4.06. The van der Waals surface area contributed by atoms with Gasteiger partial charge in [-0.3, -0.25) is 0 Å². The maximum Gasteiger partial charge on any atom is 0.123 e. The number of hydrogen-bond donors (Lipinski definition) is 0. The smallest absolute Gasteiger partial charge is 0.123 e. The van der Waals surface area contributed by atoms with Gasteiger partial charge in [-0.2, -0.15) is 0 Å². The molecule has 0 spiro atoms. The molecule has 3 heteroatoms. The van der Waals surface area contributed by atoms with E-state index in [1.165, 1.54) is 23.4 Å². The normalized spacial score (nSPS) is 18.3. The van der Waals surface area contributed by atoms with Crippen molar-refractivity contribution in [1.29, 1.82) is 0 Å². The average molecular weight is 342 g/mol. The molecule has 2 aliphatic rings. The highest BCUT2D eigenvalue weighted by Crippen LogP contribution is 2.43. The van der Waals surface area contributed by atoms with Crippen molar-refractivity contribution in [1.82, 2.24) is 0 Å². The van der Waals surface area contributed by atoms with Crippen LogP contribution in [0.4, 0.5) is 15.8 Å². The van der Waals surface area contributed by atoms with Crippen LogP contribution in [0.15, 0.2) is 85.1 Å². The van der Waals surface area contributed by atoms with Gasteiger partial charge in [0.1, 0.15) is 12.0 Å². The van der Waals surface area contributed by atoms with Crippen molar-refractivity contribution in [3.05, 3.63) is 102 Å². The van der Waals surface area contributed by atoms with E-state index in [1.54, 1.807) is 0 Å². The molecule has 1 unspecified atom stereocenters. The molecule has 26 heavy (non-hydrogen) atoms. The molecule has 0 bridgehead atoms. The molecule has 3 aromatic rings. The standard InChI is InChI=1S/C23H19FN2/c24-19-13-10-18(11-14-19)22-16-25-21-9-5-4-6-17(21)12-15-23(25)26(22)20-7-2-1-3-8-20/h1-11,13-14,16,23H,12,15H2. The third-order valence-electron chi connectivity index (χ3n) is 5.26. The molecule has 0 aliphatic carbocycles. The molecule has 0 N–H and O–H groups in total. The van der Waals surface area contributed by atoms with Gasteiger partial charge in [-0.15, -0.1) is 0 Å². The first-order chi connectivity index (χ1) is 12.8. The lowest BCUT2D eigenvalue weighted by molar-refractivity contribution is 0.599. The third-order valence-corrected chi connectivity index (χ3v) is 5.26. The van der Waals surface area contributed by atoms with E-state index in [-0.39, 0.29) is 12.0 Å². The number of para-hydroxylation sites is 2. The van der Waals surface area contributed by atoms with Gasteiger partial charge in [0.15, 0.2) is 0 Å². The highest BCUT2D eigenvalue weighted by molar-refractivity contribution is 5.87. The van der Waals surface area contributed by atoms with Crippen molar-refractivity contribution in [2.24, 2.45) is 0 Å². The predicted molar refractivity (Wildman–Crippen MR) is 104 cm³/mol. The first kappa shape index (κ1) is 15.2. The number of anilines is 2. The van der Waals surface area contributed by atoms with Crippen LogP contribution in [-0.2, 0) is 6.42 Å². The maximum absolute atomic E-state index is 13.4. The quantitative estimate of drug-likeness (QED) is 0.613. The Bertz CT molecular complexity index is 963. The lowest BCUT2D eigenvalue weighted by Crippen LogP contribution is -2.42. The van der Waals surface area contributed by atoms with Crippen LogP contribution in [0.3, 0.4) is 0 Å². The summed E-state index contributed by atoms with van der Waals surface area (Å²) in [7, 11) is 0. The number of nitrogens with zero attached hydrogens (tertiary/aromatic N) is 2. The van der Waals surface area contributed by atoms with Crippen LogP contribution >= 0.6 is 0 Å². The molecule has 2 aliphatic heterocycles. The van der Waals surface area contributed by atoms with Crippen LogP contribution in [0, 0.1) is 5.82 Å². The number of fused-ring (bicyclic) bond motifs is 3. The van der Waals surface area contributed by atoms with Crippen LogP contribution in [0.1, 0.15) is 17.5 Å². The van der Waals surface area contributed by atoms with Gasteiger partial charge in [-0.25, -0.2) is 4.39 Å². The molecule has 0 radical (unpaired) electrons. The first-order valence-electron chi connectivity index (χ1n) is 8.99. The van der Waals surface area contributed by atoms with Crippen LogP contribution in [0.25, 0.3) is 5.70 Å². The Hall–Kier alpha value is -3.07. The SMILES string of the molecule is Fc1ccc(C2=CN3c4ccccc4CCC3N2c2ccccc2)cc1. The number of rotatable bonds is 2. The molecule has 0 saturated heterocycles. The summed E-state index contributed by atoms with van der Waals surface area (Å²) in [5.41, 5.74) is 5.95. The maximum atomic E-state index is 13.4. The molecular formula is C23H19FN2. The Morgan fingerprint density at radius 1 is 0.808 bits per heavy atom. The minimum absolute atomic E-state index is 0.207. The summed E-state index contributed by atoms with van der Waals surface area (Å²) in [6.07, 6.45) is 4.56. The van der Waals surface area contributed by atoms with Crippen molar-refractivity contribution < 1.29 is 4.39 Å². The number of aryl methyl sites for hydroxylation is 1. The van der Waals surface area contributed by atoms with Crippen molar-refractivity contribution in [2.75, 3.05) is 9.80 Å². The molecule has 0 fully saturated rings. The predicted octanol–water partition coefficient (Wildman–Crippen LogP) is 5.42. The lowest BCUT2D eigenvalue weighted by Gasteiger charge is -2.38. The summed E-state index contributed by atoms with van der Waals surface area (Å²) in [6, 6.07) is 25.8. The highest BCUT2D eigenvalue weighted by Gasteiger charge is 2.37. The van der Waals surface area contributed by atoms with Crippen molar-refractivity contribution >= 4 is 17.1 Å². The molecule has 0 amide bonds. The summed E-state index contributed by atoms with van der Waals surface area (Å²) in [5, 5.41) is 0. The average Bonchev–Trinajstić information content (AvgIpc) is 3.09. The Balaban J connectivity index is 1.66. The molecule has 128 valence electrons. The molecule has 3 aromatic carbocycles. The first-order valence-corrected chi connectivity index (χ1v) is 8.99. The summed E-state index contributed by atoms with van der Waals surface area (Å²) in [6.45, 7) is 0. The minimum Gasteiger partial charge on any atom is -0.324 e. The van der Waals surface area contributed by atoms with Gasteiger partial charge in [-0.05, 0) is 66.4 Å². The second-order valence-corrected chi connectivity index (χ2v) is 6.78. The summed E-state index contributed by atoms with van der Waals surface area (Å²) in [5.74, 6) is -0.207. The van der Waals surface area contributed by atoms with Crippen LogP contribution in [0.2, 0.25) is 0 Å². The summed E-state index contributed by atoms with van der Waals surface area (Å²) in [4.78, 5) is 4.74. The van der Waals surface area contributed by atoms with Gasteiger partial charge >= 0.3 is 0 Å². The lowest BCUT2D eigenvalue weighted by atomic mass is 9.99. The monoisotopic (exact) mass is 342 g/mol. The zero-order valence-corrected chi connectivity index (χ0v) is 14.3. The second-order valence-electron chi connectivity index (χ2n) is 6.78. The molecule has 5 rings (SSSR count). The topological polar surface area (TPSA) is 6.48 Å². The summed E-state index contributed by atoms with van der Waals surface area (Å²) >= 11 is 0. The fraction of sp³-hybridized carbons (Fsp3) is 0.130. The van der Waals surface area contributed by atoms with E-state index in [0.717, 1.165) is 29.8 Å². The zero-order chi connectivity index (χ0) is 17.5. The van der Waals surface area contributed by atoms with Crippen LogP contribution < -0.4 is 9.80 Å². The van der Waals surface area contributed by atoms with E-state index < -0.39 is 0 Å². The van der Waals surface area contributed by atoms with Crippen LogP contribution in [0.5, 0.6) is 0 Å². The van der Waals surface area contributed by atoms with Gasteiger partial charge in [0, 0.05) is 17.6 Å². The van der Waals surface area contributed by atoms with Gasteiger partial charge in [0.2, 0.25) is 0 Å². The van der Waals surface area contributed by atoms with Crippen LogP contribution in [-0.4, -0.2) is 6.17 Å². The number of halogens is 1. The van der Waals surface area contributed by atoms with Crippen molar-refractivity contribution in [2.45, 2.75) is 19.0 Å². The fourth-order valence-corrected chi connectivity index (χ4v) is 4.06. The Kier molecular flexibility index (Phi) is 3.52. The van der Waals surface area contributed by atoms with E-state index in [1.807, 2.05) is 18.2 Å². The number of benzene rings is 3. The van der Waals surface area contributed by atoms with E-state index in [9.17, 15) is 4.39 Å². The second kappa shape index (κ2) is 6.03. The molecule has 2 heterocycles. The van der Waals surface area contributed by atoms with E-state index in [4.69, 9.17) is 0 Å². The van der Waals surface area contributed by atoms with Gasteiger partial charge in [0.05, 0.1) is 5.70 Å². The van der Waals surface area contributed by atoms with Crippen molar-refractivity contribution in [3.63, 3.8) is 0 Å². The summed E-state index contributed by atoms with van der Waals surface area (Å²) < 4.78 is 13.4. The Morgan fingerprint density at radius 3 is 2.35 bits per heavy atom. The zero-order valence-electron chi connectivity index (χ0n) is 14.3. The Labute approximate surface area is 152 Å². The largest absolute Gasteiger partial charge is 0.324 e. The minimum atomic E-state index is -0.207. The number of hydrogen-bond acceptors (Lipinski definition) is 2. The molecule has 1 atom stereocenters. The van der Waals surface area contributed by atoms with E-state index in [2.05, 4.69) is 64.5 Å². The highest BCUT2D eigenvalue weighted by atomic mass is 19.1. The van der Waals surface area contributed by atoms with E-state index in [0.29, 0.717) is 0 Å². The Morgan fingerprint density at radius 2 is 1.54 bits per heavy atom. The third kappa shape index (κ3) is 2.39. The van der Waals surface area contributed by atoms with E-state index >= 15 is 0 Å².